The van der Waals surface area contributed by atoms with Gasteiger partial charge in [-0.25, -0.2) is 0 Å². The fourth-order valence-electron chi connectivity index (χ4n) is 1.38. The van der Waals surface area contributed by atoms with Gasteiger partial charge in [-0.2, -0.15) is 0 Å². The average molecular weight is 220 g/mol. The second-order valence-electron chi connectivity index (χ2n) is 3.04. The monoisotopic (exact) mass is 219 g/mol. The Hall–Kier alpha value is -1.54. The normalized spacial score (nSPS) is 10.0. The number of rotatable bonds is 2. The number of ether oxygens (including phenoxy) is 1. The molecule has 0 bridgehead atoms. The summed E-state index contributed by atoms with van der Waals surface area (Å²) in [6, 6.07) is 11.5. The Kier molecular flexibility index (Phi) is 2.88. The molecule has 0 radical (unpaired) electrons. The van der Waals surface area contributed by atoms with Crippen LogP contribution in [0.15, 0.2) is 42.6 Å². The van der Waals surface area contributed by atoms with Gasteiger partial charge in [0.1, 0.15) is 10.8 Å². The second kappa shape index (κ2) is 4.32. The van der Waals surface area contributed by atoms with Gasteiger partial charge in [0.2, 0.25) is 0 Å². The van der Waals surface area contributed by atoms with Crippen molar-refractivity contribution >= 4 is 11.6 Å². The lowest BCUT2D eigenvalue weighted by Crippen LogP contribution is -1.89. The standard InChI is InChI=1S/C12H10ClNO/c1-15-10-7-8-14-12(11(10)13)9-5-3-2-4-6-9/h2-8H,1H3. The van der Waals surface area contributed by atoms with Crippen molar-refractivity contribution in [1.29, 1.82) is 0 Å². The van der Waals surface area contributed by atoms with Gasteiger partial charge < -0.3 is 4.74 Å². The Morgan fingerprint density at radius 2 is 1.87 bits per heavy atom. The summed E-state index contributed by atoms with van der Waals surface area (Å²) in [4.78, 5) is 4.25. The van der Waals surface area contributed by atoms with Crippen LogP contribution in [0.25, 0.3) is 11.3 Å². The van der Waals surface area contributed by atoms with Crippen molar-refractivity contribution in [3.8, 4) is 17.0 Å². The molecule has 0 aliphatic heterocycles. The van der Waals surface area contributed by atoms with Crippen molar-refractivity contribution in [2.24, 2.45) is 0 Å². The van der Waals surface area contributed by atoms with Gasteiger partial charge in [-0.05, 0) is 0 Å². The zero-order valence-electron chi connectivity index (χ0n) is 8.27. The maximum Gasteiger partial charge on any atom is 0.141 e. The molecule has 2 aromatic rings. The molecule has 0 spiro atoms. The predicted octanol–water partition coefficient (Wildman–Crippen LogP) is 3.41. The largest absolute Gasteiger partial charge is 0.495 e. The first kappa shape index (κ1) is 9.99. The molecule has 15 heavy (non-hydrogen) atoms. The van der Waals surface area contributed by atoms with E-state index < -0.39 is 0 Å². The van der Waals surface area contributed by atoms with Crippen molar-refractivity contribution in [3.63, 3.8) is 0 Å². The fourth-order valence-corrected chi connectivity index (χ4v) is 1.68. The van der Waals surface area contributed by atoms with Crippen LogP contribution in [0.1, 0.15) is 0 Å². The fraction of sp³-hybridized carbons (Fsp3) is 0.0833. The van der Waals surface area contributed by atoms with Crippen LogP contribution in [0.4, 0.5) is 0 Å². The van der Waals surface area contributed by atoms with Gasteiger partial charge in [0.15, 0.2) is 0 Å². The van der Waals surface area contributed by atoms with E-state index in [9.17, 15) is 0 Å². The first-order valence-corrected chi connectivity index (χ1v) is 4.94. The van der Waals surface area contributed by atoms with E-state index in [2.05, 4.69) is 4.98 Å². The molecule has 3 heteroatoms. The summed E-state index contributed by atoms with van der Waals surface area (Å²) in [5.74, 6) is 0.644. The predicted molar refractivity (Wildman–Crippen MR) is 61.2 cm³/mol. The van der Waals surface area contributed by atoms with E-state index in [1.807, 2.05) is 30.3 Å². The van der Waals surface area contributed by atoms with Gasteiger partial charge in [-0.15, -0.1) is 0 Å². The molecule has 1 aromatic carbocycles. The van der Waals surface area contributed by atoms with Crippen molar-refractivity contribution in [1.82, 2.24) is 4.98 Å². The minimum atomic E-state index is 0.547. The van der Waals surface area contributed by atoms with Crippen LogP contribution < -0.4 is 4.74 Å². The lowest BCUT2D eigenvalue weighted by atomic mass is 10.1. The molecule has 0 saturated carbocycles. The van der Waals surface area contributed by atoms with Gasteiger partial charge in [0, 0.05) is 17.8 Å². The summed E-state index contributed by atoms with van der Waals surface area (Å²) in [6.45, 7) is 0. The maximum absolute atomic E-state index is 6.16. The molecule has 0 fully saturated rings. The molecule has 2 rings (SSSR count). The second-order valence-corrected chi connectivity index (χ2v) is 3.42. The van der Waals surface area contributed by atoms with E-state index in [1.165, 1.54) is 0 Å². The Bertz CT molecular complexity index is 456. The number of halogens is 1. The first-order valence-electron chi connectivity index (χ1n) is 4.57. The summed E-state index contributed by atoms with van der Waals surface area (Å²) in [5.41, 5.74) is 1.73. The minimum absolute atomic E-state index is 0.547. The van der Waals surface area contributed by atoms with E-state index >= 15 is 0 Å². The van der Waals surface area contributed by atoms with Crippen LogP contribution in [-0.2, 0) is 0 Å². The molecule has 0 N–H and O–H groups in total. The van der Waals surface area contributed by atoms with Crippen molar-refractivity contribution < 1.29 is 4.74 Å². The number of hydrogen-bond donors (Lipinski definition) is 0. The summed E-state index contributed by atoms with van der Waals surface area (Å²) in [6.07, 6.45) is 1.69. The van der Waals surface area contributed by atoms with Gasteiger partial charge in [-0.1, -0.05) is 41.9 Å². The number of hydrogen-bond acceptors (Lipinski definition) is 2. The molecule has 1 aromatic heterocycles. The Morgan fingerprint density at radius 1 is 1.13 bits per heavy atom. The summed E-state index contributed by atoms with van der Waals surface area (Å²) in [5, 5.41) is 0.547. The molecule has 0 saturated heterocycles. The zero-order valence-corrected chi connectivity index (χ0v) is 9.03. The highest BCUT2D eigenvalue weighted by atomic mass is 35.5. The molecule has 1 heterocycles. The maximum atomic E-state index is 6.16. The zero-order chi connectivity index (χ0) is 10.7. The van der Waals surface area contributed by atoms with Crippen LogP contribution in [-0.4, -0.2) is 12.1 Å². The SMILES string of the molecule is COc1ccnc(-c2ccccc2)c1Cl. The van der Waals surface area contributed by atoms with Gasteiger partial charge in [0.05, 0.1) is 12.8 Å². The number of nitrogens with zero attached hydrogens (tertiary/aromatic N) is 1. The van der Waals surface area contributed by atoms with Gasteiger partial charge in [0.25, 0.3) is 0 Å². The van der Waals surface area contributed by atoms with E-state index in [-0.39, 0.29) is 0 Å². The quantitative estimate of drug-likeness (QED) is 0.772. The third kappa shape index (κ3) is 1.95. The smallest absolute Gasteiger partial charge is 0.141 e. The van der Waals surface area contributed by atoms with Crippen LogP contribution in [0.3, 0.4) is 0 Å². The van der Waals surface area contributed by atoms with E-state index in [0.29, 0.717) is 10.8 Å². The molecule has 0 atom stereocenters. The van der Waals surface area contributed by atoms with Crippen molar-refractivity contribution in [2.75, 3.05) is 7.11 Å². The number of methoxy groups -OCH3 is 1. The first-order chi connectivity index (χ1) is 7.33. The summed E-state index contributed by atoms with van der Waals surface area (Å²) < 4.78 is 5.14. The van der Waals surface area contributed by atoms with Crippen LogP contribution in [0.5, 0.6) is 5.75 Å². The highest BCUT2D eigenvalue weighted by molar-refractivity contribution is 6.34. The number of aromatic nitrogens is 1. The molecule has 0 unspecified atom stereocenters. The Morgan fingerprint density at radius 3 is 2.53 bits per heavy atom. The van der Waals surface area contributed by atoms with Gasteiger partial charge >= 0.3 is 0 Å². The third-order valence-electron chi connectivity index (χ3n) is 2.12. The highest BCUT2D eigenvalue weighted by Gasteiger charge is 2.08. The van der Waals surface area contributed by atoms with Crippen LogP contribution in [0.2, 0.25) is 5.02 Å². The number of pyridine rings is 1. The van der Waals surface area contributed by atoms with Crippen LogP contribution in [0, 0.1) is 0 Å². The summed E-state index contributed by atoms with van der Waals surface area (Å²) in [7, 11) is 1.59. The Balaban J connectivity index is 2.54. The molecule has 0 amide bonds. The van der Waals surface area contributed by atoms with Crippen molar-refractivity contribution in [2.45, 2.75) is 0 Å². The molecule has 0 aliphatic rings. The molecule has 0 aliphatic carbocycles. The third-order valence-corrected chi connectivity index (χ3v) is 2.49. The van der Waals surface area contributed by atoms with Gasteiger partial charge in [-0.3, -0.25) is 4.98 Å². The van der Waals surface area contributed by atoms with E-state index in [0.717, 1.165) is 11.3 Å². The van der Waals surface area contributed by atoms with Crippen LogP contribution >= 0.6 is 11.6 Å². The lowest BCUT2D eigenvalue weighted by Gasteiger charge is -2.07. The van der Waals surface area contributed by atoms with E-state index in [1.54, 1.807) is 19.4 Å². The molecule has 76 valence electrons. The molecule has 2 nitrogen and oxygen atoms in total. The highest BCUT2D eigenvalue weighted by Crippen LogP contribution is 2.32. The topological polar surface area (TPSA) is 22.1 Å². The Labute approximate surface area is 93.5 Å². The van der Waals surface area contributed by atoms with Crippen molar-refractivity contribution in [3.05, 3.63) is 47.6 Å². The summed E-state index contributed by atoms with van der Waals surface area (Å²) >= 11 is 6.16. The van der Waals surface area contributed by atoms with E-state index in [4.69, 9.17) is 16.3 Å². The minimum Gasteiger partial charge on any atom is -0.495 e. The molecular formula is C12H10ClNO. The number of benzene rings is 1. The molecular weight excluding hydrogens is 210 g/mol. The lowest BCUT2D eigenvalue weighted by molar-refractivity contribution is 0.414. The average Bonchev–Trinajstić information content (AvgIpc) is 2.30.